The van der Waals surface area contributed by atoms with Gasteiger partial charge < -0.3 is 15.2 Å². The molecule has 1 aliphatic carbocycles. The van der Waals surface area contributed by atoms with Gasteiger partial charge in [0, 0.05) is 0 Å². The van der Waals surface area contributed by atoms with Crippen molar-refractivity contribution in [3.8, 4) is 5.75 Å². The number of hydrogen-bond donors (Lipinski definition) is 1. The summed E-state index contributed by atoms with van der Waals surface area (Å²) in [5, 5.41) is 0. The summed E-state index contributed by atoms with van der Waals surface area (Å²) in [4.78, 5) is 12.2. The third kappa shape index (κ3) is 3.21. The molecule has 1 saturated carbocycles. The van der Waals surface area contributed by atoms with E-state index in [1.807, 2.05) is 26.8 Å². The molecule has 0 bridgehead atoms. The Balaban J connectivity index is 2.16. The molecule has 1 aliphatic rings. The van der Waals surface area contributed by atoms with Gasteiger partial charge in [0.2, 0.25) is 0 Å². The van der Waals surface area contributed by atoms with Gasteiger partial charge >= 0.3 is 5.97 Å². The Morgan fingerprint density at radius 1 is 1.29 bits per heavy atom. The summed E-state index contributed by atoms with van der Waals surface area (Å²) < 4.78 is 11.1. The molecule has 4 nitrogen and oxygen atoms in total. The summed E-state index contributed by atoms with van der Waals surface area (Å²) in [7, 11) is 0. The van der Waals surface area contributed by atoms with Crippen LogP contribution in [0.5, 0.6) is 5.75 Å². The Labute approximate surface area is 126 Å². The zero-order valence-electron chi connectivity index (χ0n) is 13.4. The predicted molar refractivity (Wildman–Crippen MR) is 82.4 cm³/mol. The molecule has 0 radical (unpaired) electrons. The molecule has 0 amide bonds. The number of hydrogen-bond acceptors (Lipinski definition) is 4. The van der Waals surface area contributed by atoms with E-state index in [1.54, 1.807) is 6.92 Å². The highest BCUT2D eigenvalue weighted by molar-refractivity contribution is 5.81. The first-order valence-corrected chi connectivity index (χ1v) is 7.55. The highest BCUT2D eigenvalue weighted by Gasteiger charge is 2.50. The summed E-state index contributed by atoms with van der Waals surface area (Å²) in [6.45, 7) is 8.37. The summed E-state index contributed by atoms with van der Waals surface area (Å²) in [6.07, 6.45) is 1.93. The van der Waals surface area contributed by atoms with Crippen molar-refractivity contribution in [3.05, 3.63) is 28.8 Å². The van der Waals surface area contributed by atoms with E-state index in [4.69, 9.17) is 15.2 Å². The maximum absolute atomic E-state index is 12.2. The molecule has 1 aromatic rings. The first-order valence-electron chi connectivity index (χ1n) is 7.55. The van der Waals surface area contributed by atoms with Crippen LogP contribution in [0.15, 0.2) is 12.1 Å². The predicted octanol–water partition coefficient (Wildman–Crippen LogP) is 2.66. The number of benzene rings is 1. The van der Waals surface area contributed by atoms with Gasteiger partial charge in [0.15, 0.2) is 5.54 Å². The maximum Gasteiger partial charge on any atom is 0.329 e. The molecule has 0 saturated heterocycles. The summed E-state index contributed by atoms with van der Waals surface area (Å²) in [5.74, 6) is 0.646. The molecular weight excluding hydrogens is 266 g/mol. The number of carbonyl (C=O) groups excluding carboxylic acids is 1. The molecule has 1 aromatic carbocycles. The van der Waals surface area contributed by atoms with Crippen molar-refractivity contribution in [3.63, 3.8) is 0 Å². The molecule has 0 aromatic heterocycles. The lowest BCUT2D eigenvalue weighted by Crippen LogP contribution is -2.55. The van der Waals surface area contributed by atoms with Crippen LogP contribution >= 0.6 is 0 Å². The smallest absolute Gasteiger partial charge is 0.329 e. The summed E-state index contributed by atoms with van der Waals surface area (Å²) in [5.41, 5.74) is 8.61. The van der Waals surface area contributed by atoms with Gasteiger partial charge in [0.25, 0.3) is 0 Å². The van der Waals surface area contributed by atoms with Crippen LogP contribution in [0, 0.1) is 26.7 Å². The highest BCUT2D eigenvalue weighted by Crippen LogP contribution is 2.40. The normalized spacial score (nSPS) is 17.2. The van der Waals surface area contributed by atoms with Crippen LogP contribution in [0.25, 0.3) is 0 Å². The number of carbonyl (C=O) groups is 1. The SMILES string of the molecule is CCOC(=O)C(N)(COc1c(C)ccc(C)c1C)C1CC1. The molecule has 1 fully saturated rings. The van der Waals surface area contributed by atoms with Crippen molar-refractivity contribution in [1.29, 1.82) is 0 Å². The number of rotatable bonds is 6. The number of aryl methyl sites for hydroxylation is 2. The highest BCUT2D eigenvalue weighted by atomic mass is 16.5. The van der Waals surface area contributed by atoms with Gasteiger partial charge in [-0.05, 0) is 63.1 Å². The van der Waals surface area contributed by atoms with Gasteiger partial charge in [-0.25, -0.2) is 4.79 Å². The zero-order chi connectivity index (χ0) is 15.6. The Morgan fingerprint density at radius 2 is 1.90 bits per heavy atom. The fourth-order valence-electron chi connectivity index (χ4n) is 2.55. The standard InChI is InChI=1S/C17H25NO3/c1-5-20-16(19)17(18,14-8-9-14)10-21-15-12(3)7-6-11(2)13(15)4/h6-7,14H,5,8-10,18H2,1-4H3. The Bertz CT molecular complexity index is 537. The molecule has 2 rings (SSSR count). The van der Waals surface area contributed by atoms with E-state index in [0.717, 1.165) is 29.7 Å². The topological polar surface area (TPSA) is 61.5 Å². The van der Waals surface area contributed by atoms with E-state index >= 15 is 0 Å². The first kappa shape index (κ1) is 15.8. The van der Waals surface area contributed by atoms with Crippen molar-refractivity contribution in [2.75, 3.05) is 13.2 Å². The average Bonchev–Trinajstić information content (AvgIpc) is 3.28. The number of nitrogens with two attached hydrogens (primary N) is 1. The minimum atomic E-state index is -1.03. The third-order valence-corrected chi connectivity index (χ3v) is 4.29. The molecule has 2 N–H and O–H groups in total. The quantitative estimate of drug-likeness (QED) is 0.819. The van der Waals surface area contributed by atoms with Crippen LogP contribution in [0.4, 0.5) is 0 Å². The maximum atomic E-state index is 12.2. The lowest BCUT2D eigenvalue weighted by molar-refractivity contribution is -0.152. The first-order chi connectivity index (χ1) is 9.90. The summed E-state index contributed by atoms with van der Waals surface area (Å²) >= 11 is 0. The second kappa shape index (κ2) is 6.06. The van der Waals surface area contributed by atoms with E-state index in [-0.39, 0.29) is 18.5 Å². The third-order valence-electron chi connectivity index (χ3n) is 4.29. The van der Waals surface area contributed by atoms with Crippen LogP contribution < -0.4 is 10.5 Å². The Hall–Kier alpha value is -1.55. The lowest BCUT2D eigenvalue weighted by atomic mass is 9.95. The van der Waals surface area contributed by atoms with E-state index < -0.39 is 5.54 Å². The van der Waals surface area contributed by atoms with E-state index in [9.17, 15) is 4.79 Å². The van der Waals surface area contributed by atoms with E-state index in [1.165, 1.54) is 5.56 Å². The number of ether oxygens (including phenoxy) is 2. The van der Waals surface area contributed by atoms with E-state index in [0.29, 0.717) is 6.61 Å². The lowest BCUT2D eigenvalue weighted by Gasteiger charge is -2.28. The Morgan fingerprint density at radius 3 is 2.48 bits per heavy atom. The van der Waals surface area contributed by atoms with Gasteiger partial charge in [-0.3, -0.25) is 0 Å². The second-order valence-electron chi connectivity index (χ2n) is 5.98. The monoisotopic (exact) mass is 291 g/mol. The molecule has 0 heterocycles. The van der Waals surface area contributed by atoms with Crippen LogP contribution in [0.1, 0.15) is 36.5 Å². The fourth-order valence-corrected chi connectivity index (χ4v) is 2.55. The molecule has 1 atom stereocenters. The van der Waals surface area contributed by atoms with Gasteiger partial charge in [0.05, 0.1) is 6.61 Å². The number of esters is 1. The minimum absolute atomic E-state index is 0.168. The molecule has 0 spiro atoms. The van der Waals surface area contributed by atoms with E-state index in [2.05, 4.69) is 6.07 Å². The zero-order valence-corrected chi connectivity index (χ0v) is 13.4. The van der Waals surface area contributed by atoms with Crippen LogP contribution in [0.2, 0.25) is 0 Å². The van der Waals surface area contributed by atoms with Crippen molar-refractivity contribution in [1.82, 2.24) is 0 Å². The molecule has 1 unspecified atom stereocenters. The average molecular weight is 291 g/mol. The molecule has 4 heteroatoms. The van der Waals surface area contributed by atoms with Gasteiger partial charge in [0.1, 0.15) is 12.4 Å². The molecular formula is C17H25NO3. The fraction of sp³-hybridized carbons (Fsp3) is 0.588. The largest absolute Gasteiger partial charge is 0.490 e. The van der Waals surface area contributed by atoms with Crippen molar-refractivity contribution >= 4 is 5.97 Å². The van der Waals surface area contributed by atoms with Crippen LogP contribution in [-0.2, 0) is 9.53 Å². The van der Waals surface area contributed by atoms with Crippen molar-refractivity contribution < 1.29 is 14.3 Å². The Kier molecular flexibility index (Phi) is 4.57. The van der Waals surface area contributed by atoms with Gasteiger partial charge in [-0.2, -0.15) is 0 Å². The molecule has 21 heavy (non-hydrogen) atoms. The minimum Gasteiger partial charge on any atom is -0.490 e. The molecule has 116 valence electrons. The van der Waals surface area contributed by atoms with Gasteiger partial charge in [-0.15, -0.1) is 0 Å². The van der Waals surface area contributed by atoms with Crippen LogP contribution in [-0.4, -0.2) is 24.7 Å². The summed E-state index contributed by atoms with van der Waals surface area (Å²) in [6, 6.07) is 4.09. The van der Waals surface area contributed by atoms with Crippen molar-refractivity contribution in [2.24, 2.45) is 11.7 Å². The molecule has 0 aliphatic heterocycles. The van der Waals surface area contributed by atoms with Crippen molar-refractivity contribution in [2.45, 2.75) is 46.1 Å². The van der Waals surface area contributed by atoms with Gasteiger partial charge in [-0.1, -0.05) is 12.1 Å². The van der Waals surface area contributed by atoms with Crippen LogP contribution in [0.3, 0.4) is 0 Å². The second-order valence-corrected chi connectivity index (χ2v) is 5.98.